The van der Waals surface area contributed by atoms with Crippen LogP contribution in [0.4, 0.5) is 0 Å². The Hall–Kier alpha value is -1.75. The Kier molecular flexibility index (Phi) is 5.03. The van der Waals surface area contributed by atoms with Crippen LogP contribution in [0.1, 0.15) is 6.92 Å². The number of hydrogen-bond acceptors (Lipinski definition) is 3. The van der Waals surface area contributed by atoms with Crippen molar-refractivity contribution in [3.8, 4) is 11.5 Å². The first-order valence-corrected chi connectivity index (χ1v) is 6.74. The van der Waals surface area contributed by atoms with Gasteiger partial charge in [-0.05, 0) is 31.2 Å². The average molecular weight is 265 g/mol. The first-order chi connectivity index (χ1) is 9.28. The van der Waals surface area contributed by atoms with Gasteiger partial charge < -0.3 is 19.7 Å². The molecule has 2 rings (SSSR count). The minimum absolute atomic E-state index is 0.127. The summed E-state index contributed by atoms with van der Waals surface area (Å²) in [5.74, 6) is 1.82. The molecular weight excluding hydrogens is 244 g/mol. The Bertz CT molecular complexity index is 406. The maximum atomic E-state index is 11.2. The Morgan fingerprint density at radius 1 is 1.21 bits per heavy atom. The fourth-order valence-corrected chi connectivity index (χ4v) is 2.08. The number of carbonyl (C=O) groups is 1. The van der Waals surface area contributed by atoms with Gasteiger partial charge in [-0.15, -0.1) is 0 Å². The van der Waals surface area contributed by atoms with Crippen molar-refractivity contribution in [1.82, 2.24) is 5.32 Å². The molecule has 0 aromatic heterocycles. The molecule has 104 valence electrons. The summed E-state index contributed by atoms with van der Waals surface area (Å²) in [6.07, 6.45) is 0. The summed E-state index contributed by atoms with van der Waals surface area (Å²) in [5.41, 5.74) is 0. The van der Waals surface area contributed by atoms with E-state index >= 15 is 0 Å². The quantitative estimate of drug-likeness (QED) is 0.728. The van der Waals surface area contributed by atoms with Crippen LogP contribution < -0.4 is 19.7 Å². The van der Waals surface area contributed by atoms with Crippen LogP contribution in [0.3, 0.4) is 0 Å². The van der Waals surface area contributed by atoms with E-state index in [-0.39, 0.29) is 5.91 Å². The summed E-state index contributed by atoms with van der Waals surface area (Å²) in [7, 11) is 0. The summed E-state index contributed by atoms with van der Waals surface area (Å²) in [4.78, 5) is 12.5. The van der Waals surface area contributed by atoms with Gasteiger partial charge in [-0.2, -0.15) is 0 Å². The van der Waals surface area contributed by atoms with Gasteiger partial charge in [0.1, 0.15) is 24.7 Å². The minimum atomic E-state index is 0.127. The van der Waals surface area contributed by atoms with E-state index in [0.717, 1.165) is 31.1 Å². The van der Waals surface area contributed by atoms with E-state index in [4.69, 9.17) is 9.47 Å². The standard InChI is InChI=1S/C14H20N2O3/c1-2-18-12-3-5-13(6-4-12)19-10-9-16-8-7-15-14(17)11-16/h3-6H,2,7-11H2,1H3,(H,15,17)/p+1. The number of rotatable bonds is 6. The Morgan fingerprint density at radius 2 is 1.89 bits per heavy atom. The molecule has 1 saturated heterocycles. The van der Waals surface area contributed by atoms with Crippen molar-refractivity contribution in [1.29, 1.82) is 0 Å². The molecule has 0 bridgehead atoms. The topological polar surface area (TPSA) is 52.0 Å². The van der Waals surface area contributed by atoms with E-state index in [1.165, 1.54) is 4.90 Å². The number of nitrogens with one attached hydrogen (secondary N) is 2. The summed E-state index contributed by atoms with van der Waals surface area (Å²) < 4.78 is 11.0. The van der Waals surface area contributed by atoms with Crippen LogP contribution in [0.2, 0.25) is 0 Å². The van der Waals surface area contributed by atoms with Gasteiger partial charge in [0, 0.05) is 0 Å². The third-order valence-corrected chi connectivity index (χ3v) is 3.07. The monoisotopic (exact) mass is 265 g/mol. The number of amides is 1. The molecule has 1 aliphatic rings. The Labute approximate surface area is 113 Å². The number of carbonyl (C=O) groups excluding carboxylic acids is 1. The lowest BCUT2D eigenvalue weighted by atomic mass is 10.3. The van der Waals surface area contributed by atoms with E-state index in [9.17, 15) is 4.79 Å². The molecule has 1 unspecified atom stereocenters. The highest BCUT2D eigenvalue weighted by Gasteiger charge is 2.18. The van der Waals surface area contributed by atoms with Gasteiger partial charge in [-0.3, -0.25) is 4.79 Å². The van der Waals surface area contributed by atoms with Crippen molar-refractivity contribution in [2.24, 2.45) is 0 Å². The number of piperazine rings is 1. The highest BCUT2D eigenvalue weighted by Crippen LogP contribution is 2.17. The fraction of sp³-hybridized carbons (Fsp3) is 0.500. The zero-order valence-electron chi connectivity index (χ0n) is 11.3. The lowest BCUT2D eigenvalue weighted by Gasteiger charge is -2.23. The van der Waals surface area contributed by atoms with Crippen molar-refractivity contribution in [2.45, 2.75) is 6.92 Å². The molecule has 0 saturated carbocycles. The number of ether oxygens (including phenoxy) is 2. The predicted octanol–water partition coefficient (Wildman–Crippen LogP) is -0.521. The molecule has 5 nitrogen and oxygen atoms in total. The summed E-state index contributed by atoms with van der Waals surface area (Å²) in [5, 5.41) is 2.82. The summed E-state index contributed by atoms with van der Waals surface area (Å²) >= 11 is 0. The first-order valence-electron chi connectivity index (χ1n) is 6.74. The molecule has 1 amide bonds. The van der Waals surface area contributed by atoms with Gasteiger partial charge in [0.25, 0.3) is 5.91 Å². The average Bonchev–Trinajstić information content (AvgIpc) is 2.41. The van der Waals surface area contributed by atoms with E-state index in [1.54, 1.807) is 0 Å². The molecule has 1 fully saturated rings. The van der Waals surface area contributed by atoms with Crippen molar-refractivity contribution in [3.05, 3.63) is 24.3 Å². The minimum Gasteiger partial charge on any atom is -0.494 e. The number of benzene rings is 1. The van der Waals surface area contributed by atoms with Crippen LogP contribution in [0.15, 0.2) is 24.3 Å². The van der Waals surface area contributed by atoms with Crippen LogP contribution >= 0.6 is 0 Å². The molecule has 1 aliphatic heterocycles. The van der Waals surface area contributed by atoms with Crippen LogP contribution in [-0.2, 0) is 4.79 Å². The molecule has 1 heterocycles. The van der Waals surface area contributed by atoms with Gasteiger partial charge in [0.15, 0.2) is 6.54 Å². The number of quaternary nitrogens is 1. The first kappa shape index (κ1) is 13.7. The summed E-state index contributed by atoms with van der Waals surface area (Å²) in [6.45, 7) is 6.38. The van der Waals surface area contributed by atoms with Gasteiger partial charge in [0.05, 0.1) is 19.7 Å². The zero-order chi connectivity index (χ0) is 13.5. The second-order valence-electron chi connectivity index (χ2n) is 4.53. The second-order valence-corrected chi connectivity index (χ2v) is 4.53. The van der Waals surface area contributed by atoms with E-state index in [0.29, 0.717) is 19.8 Å². The molecule has 2 N–H and O–H groups in total. The molecule has 0 spiro atoms. The van der Waals surface area contributed by atoms with Crippen molar-refractivity contribution < 1.29 is 19.2 Å². The second kappa shape index (κ2) is 6.99. The molecule has 1 atom stereocenters. The van der Waals surface area contributed by atoms with Crippen LogP contribution in [0.25, 0.3) is 0 Å². The van der Waals surface area contributed by atoms with Crippen LogP contribution in [-0.4, -0.2) is 45.3 Å². The molecule has 1 aromatic rings. The van der Waals surface area contributed by atoms with Gasteiger partial charge >= 0.3 is 0 Å². The van der Waals surface area contributed by atoms with E-state index in [2.05, 4.69) is 5.32 Å². The predicted molar refractivity (Wildman–Crippen MR) is 71.7 cm³/mol. The molecule has 1 aromatic carbocycles. The van der Waals surface area contributed by atoms with Gasteiger partial charge in [-0.1, -0.05) is 0 Å². The highest BCUT2D eigenvalue weighted by molar-refractivity contribution is 5.77. The smallest absolute Gasteiger partial charge is 0.275 e. The van der Waals surface area contributed by atoms with Crippen LogP contribution in [0.5, 0.6) is 11.5 Å². The third-order valence-electron chi connectivity index (χ3n) is 3.07. The third kappa shape index (κ3) is 4.44. The molecule has 19 heavy (non-hydrogen) atoms. The maximum absolute atomic E-state index is 11.2. The maximum Gasteiger partial charge on any atom is 0.275 e. The SMILES string of the molecule is CCOc1ccc(OCC[NH+]2CCNC(=O)C2)cc1. The van der Waals surface area contributed by atoms with Crippen molar-refractivity contribution in [3.63, 3.8) is 0 Å². The van der Waals surface area contributed by atoms with Crippen LogP contribution in [0, 0.1) is 0 Å². The Balaban J connectivity index is 1.71. The zero-order valence-corrected chi connectivity index (χ0v) is 11.3. The normalized spacial score (nSPS) is 18.8. The fourth-order valence-electron chi connectivity index (χ4n) is 2.08. The van der Waals surface area contributed by atoms with Gasteiger partial charge in [-0.25, -0.2) is 0 Å². The van der Waals surface area contributed by atoms with Gasteiger partial charge in [0.2, 0.25) is 0 Å². The largest absolute Gasteiger partial charge is 0.494 e. The molecule has 0 aliphatic carbocycles. The lowest BCUT2D eigenvalue weighted by Crippen LogP contribution is -3.15. The van der Waals surface area contributed by atoms with Crippen molar-refractivity contribution >= 4 is 5.91 Å². The molecule has 0 radical (unpaired) electrons. The summed E-state index contributed by atoms with van der Waals surface area (Å²) in [6, 6.07) is 7.62. The number of hydrogen-bond donors (Lipinski definition) is 2. The van der Waals surface area contributed by atoms with E-state index in [1.807, 2.05) is 31.2 Å². The molecule has 5 heteroatoms. The Morgan fingerprint density at radius 3 is 2.53 bits per heavy atom. The van der Waals surface area contributed by atoms with Crippen molar-refractivity contribution in [2.75, 3.05) is 39.4 Å². The van der Waals surface area contributed by atoms with E-state index < -0.39 is 0 Å². The molecular formula is C14H21N2O3+. The lowest BCUT2D eigenvalue weighted by molar-refractivity contribution is -0.893. The highest BCUT2D eigenvalue weighted by atomic mass is 16.5.